The van der Waals surface area contributed by atoms with E-state index in [0.717, 1.165) is 5.56 Å². The molecule has 1 atom stereocenters. The van der Waals surface area contributed by atoms with E-state index in [4.69, 9.17) is 11.2 Å². The van der Waals surface area contributed by atoms with E-state index < -0.39 is 6.10 Å². The molecular weight excluding hydrogens is 282 g/mol. The van der Waals surface area contributed by atoms with Crippen molar-refractivity contribution in [2.75, 3.05) is 33.9 Å². The lowest BCUT2D eigenvalue weighted by atomic mass is 10.1. The number of esters is 1. The number of benzene rings is 1. The Kier molecular flexibility index (Phi) is 8.05. The number of nitrogens with zero attached hydrogens (tertiary/aromatic N) is 1. The first kappa shape index (κ1) is 18.0. The third-order valence-electron chi connectivity index (χ3n) is 3.09. The van der Waals surface area contributed by atoms with Crippen LogP contribution >= 0.6 is 0 Å². The van der Waals surface area contributed by atoms with Crippen LogP contribution in [-0.4, -0.2) is 55.9 Å². The second kappa shape index (κ2) is 9.82. The van der Waals surface area contributed by atoms with Crippen LogP contribution in [0.2, 0.25) is 0 Å². The molecule has 1 unspecified atom stereocenters. The molecule has 5 heteroatoms. The quantitative estimate of drug-likeness (QED) is 0.547. The Morgan fingerprint density at radius 2 is 2.09 bits per heavy atom. The van der Waals surface area contributed by atoms with Crippen LogP contribution in [0.1, 0.15) is 12.0 Å². The van der Waals surface area contributed by atoms with E-state index in [9.17, 15) is 9.90 Å². The third kappa shape index (κ3) is 7.11. The molecular formula is C17H23NO4. The highest BCUT2D eigenvalue weighted by Crippen LogP contribution is 2.14. The van der Waals surface area contributed by atoms with Crippen molar-refractivity contribution in [1.29, 1.82) is 0 Å². The molecule has 120 valence electrons. The van der Waals surface area contributed by atoms with E-state index in [1.807, 2.05) is 36.2 Å². The van der Waals surface area contributed by atoms with Crippen molar-refractivity contribution in [2.24, 2.45) is 0 Å². The maximum absolute atomic E-state index is 11.1. The average Bonchev–Trinajstić information content (AvgIpc) is 2.51. The molecule has 22 heavy (non-hydrogen) atoms. The molecule has 0 radical (unpaired) electrons. The number of likely N-dealkylation sites (N-methyl/N-ethyl adjacent to an activating group) is 1. The van der Waals surface area contributed by atoms with Gasteiger partial charge in [-0.2, -0.15) is 0 Å². The Bertz CT molecular complexity index is 492. The molecule has 0 fully saturated rings. The molecule has 1 N–H and O–H groups in total. The fraction of sp³-hybridized carbons (Fsp3) is 0.471. The number of carbonyl (C=O) groups excluding carboxylic acids is 1. The summed E-state index contributed by atoms with van der Waals surface area (Å²) in [4.78, 5) is 12.9. The molecule has 0 saturated heterocycles. The molecule has 1 rings (SSSR count). The lowest BCUT2D eigenvalue weighted by molar-refractivity contribution is -0.140. The van der Waals surface area contributed by atoms with Gasteiger partial charge in [0, 0.05) is 13.0 Å². The van der Waals surface area contributed by atoms with Crippen molar-refractivity contribution in [1.82, 2.24) is 4.90 Å². The SMILES string of the molecule is C#CCN(C)CC(O)COc1ccc(CCC(=O)OC)cc1. The van der Waals surface area contributed by atoms with Gasteiger partial charge in [-0.05, 0) is 31.2 Å². The minimum atomic E-state index is -0.600. The Morgan fingerprint density at radius 1 is 1.41 bits per heavy atom. The Labute approximate surface area is 131 Å². The molecule has 0 amide bonds. The van der Waals surface area contributed by atoms with Gasteiger partial charge >= 0.3 is 5.97 Å². The normalized spacial score (nSPS) is 11.8. The number of hydrogen-bond acceptors (Lipinski definition) is 5. The van der Waals surface area contributed by atoms with E-state index in [1.54, 1.807) is 0 Å². The first-order chi connectivity index (χ1) is 10.5. The van der Waals surface area contributed by atoms with Crippen LogP contribution in [0.25, 0.3) is 0 Å². The van der Waals surface area contributed by atoms with Crippen LogP contribution in [0.5, 0.6) is 5.75 Å². The summed E-state index contributed by atoms with van der Waals surface area (Å²) in [5, 5.41) is 9.85. The van der Waals surface area contributed by atoms with Crippen LogP contribution in [0, 0.1) is 12.3 Å². The zero-order chi connectivity index (χ0) is 16.4. The second-order valence-electron chi connectivity index (χ2n) is 5.09. The van der Waals surface area contributed by atoms with Crippen molar-refractivity contribution in [3.63, 3.8) is 0 Å². The van der Waals surface area contributed by atoms with Crippen LogP contribution in [0.15, 0.2) is 24.3 Å². The number of rotatable bonds is 9. The van der Waals surface area contributed by atoms with Gasteiger partial charge in [-0.3, -0.25) is 9.69 Å². The molecule has 0 aliphatic carbocycles. The van der Waals surface area contributed by atoms with Crippen molar-refractivity contribution in [2.45, 2.75) is 18.9 Å². The number of aryl methyl sites for hydroxylation is 1. The van der Waals surface area contributed by atoms with Crippen molar-refractivity contribution in [3.8, 4) is 18.1 Å². The summed E-state index contributed by atoms with van der Waals surface area (Å²) < 4.78 is 10.1. The summed E-state index contributed by atoms with van der Waals surface area (Å²) in [5.74, 6) is 2.98. The molecule has 5 nitrogen and oxygen atoms in total. The van der Waals surface area contributed by atoms with E-state index in [2.05, 4.69) is 10.7 Å². The molecule has 0 spiro atoms. The van der Waals surface area contributed by atoms with Crippen molar-refractivity contribution >= 4 is 5.97 Å². The minimum absolute atomic E-state index is 0.205. The van der Waals surface area contributed by atoms with E-state index in [1.165, 1.54) is 7.11 Å². The van der Waals surface area contributed by atoms with Gasteiger partial charge < -0.3 is 14.6 Å². The maximum atomic E-state index is 11.1. The fourth-order valence-electron chi connectivity index (χ4n) is 1.93. The van der Waals surface area contributed by atoms with Crippen molar-refractivity contribution < 1.29 is 19.4 Å². The summed E-state index contributed by atoms with van der Waals surface area (Å²) in [6.45, 7) is 1.16. The van der Waals surface area contributed by atoms with Gasteiger partial charge in [-0.1, -0.05) is 18.1 Å². The number of ether oxygens (including phenoxy) is 2. The van der Waals surface area contributed by atoms with Gasteiger partial charge in [0.1, 0.15) is 18.5 Å². The highest BCUT2D eigenvalue weighted by Gasteiger charge is 2.08. The molecule has 1 aromatic rings. The summed E-state index contributed by atoms with van der Waals surface area (Å²) in [6, 6.07) is 7.44. The lowest BCUT2D eigenvalue weighted by Crippen LogP contribution is -2.33. The average molecular weight is 305 g/mol. The van der Waals surface area contributed by atoms with Gasteiger partial charge in [0.2, 0.25) is 0 Å². The smallest absolute Gasteiger partial charge is 0.305 e. The summed E-state index contributed by atoms with van der Waals surface area (Å²) in [6.07, 6.45) is 5.59. The van der Waals surface area contributed by atoms with Gasteiger partial charge in [-0.25, -0.2) is 0 Å². The predicted octanol–water partition coefficient (Wildman–Crippen LogP) is 1.10. The molecule has 0 aromatic heterocycles. The highest BCUT2D eigenvalue weighted by atomic mass is 16.5. The number of methoxy groups -OCH3 is 1. The van der Waals surface area contributed by atoms with E-state index >= 15 is 0 Å². The number of carbonyl (C=O) groups is 1. The molecule has 1 aromatic carbocycles. The Balaban J connectivity index is 2.35. The predicted molar refractivity (Wildman–Crippen MR) is 84.6 cm³/mol. The monoisotopic (exact) mass is 305 g/mol. The van der Waals surface area contributed by atoms with E-state index in [0.29, 0.717) is 31.7 Å². The minimum Gasteiger partial charge on any atom is -0.491 e. The van der Waals surface area contributed by atoms with Crippen LogP contribution in [0.4, 0.5) is 0 Å². The third-order valence-corrected chi connectivity index (χ3v) is 3.09. The summed E-state index contributed by atoms with van der Waals surface area (Å²) in [5.41, 5.74) is 1.03. The first-order valence-electron chi connectivity index (χ1n) is 7.13. The van der Waals surface area contributed by atoms with Crippen LogP contribution in [0.3, 0.4) is 0 Å². The standard InChI is InChI=1S/C17H23NO4/c1-4-11-18(2)12-15(19)13-22-16-8-5-14(6-9-16)7-10-17(20)21-3/h1,5-6,8-9,15,19H,7,10-13H2,2-3H3. The summed E-state index contributed by atoms with van der Waals surface area (Å²) >= 11 is 0. The second-order valence-corrected chi connectivity index (χ2v) is 5.09. The van der Waals surface area contributed by atoms with E-state index in [-0.39, 0.29) is 12.6 Å². The first-order valence-corrected chi connectivity index (χ1v) is 7.13. The zero-order valence-corrected chi connectivity index (χ0v) is 13.1. The molecule has 0 aliphatic rings. The largest absolute Gasteiger partial charge is 0.491 e. The number of hydrogen-bond donors (Lipinski definition) is 1. The van der Waals surface area contributed by atoms with Gasteiger partial charge in [-0.15, -0.1) is 6.42 Å². The van der Waals surface area contributed by atoms with Gasteiger partial charge in [0.25, 0.3) is 0 Å². The molecule has 0 heterocycles. The zero-order valence-electron chi connectivity index (χ0n) is 13.1. The number of aliphatic hydroxyl groups is 1. The van der Waals surface area contributed by atoms with Gasteiger partial charge in [0.05, 0.1) is 13.7 Å². The number of terminal acetylenes is 1. The fourth-order valence-corrected chi connectivity index (χ4v) is 1.93. The summed E-state index contributed by atoms with van der Waals surface area (Å²) in [7, 11) is 3.23. The topological polar surface area (TPSA) is 59.0 Å². The Hall–Kier alpha value is -2.03. The van der Waals surface area contributed by atoms with Gasteiger partial charge in [0.15, 0.2) is 0 Å². The van der Waals surface area contributed by atoms with Crippen LogP contribution in [-0.2, 0) is 16.0 Å². The lowest BCUT2D eigenvalue weighted by Gasteiger charge is -2.18. The molecule has 0 bridgehead atoms. The molecule has 0 aliphatic heterocycles. The maximum Gasteiger partial charge on any atom is 0.305 e. The molecule has 0 saturated carbocycles. The highest BCUT2D eigenvalue weighted by molar-refractivity contribution is 5.69. The number of aliphatic hydroxyl groups excluding tert-OH is 1. The van der Waals surface area contributed by atoms with Crippen LogP contribution < -0.4 is 4.74 Å². The van der Waals surface area contributed by atoms with Crippen molar-refractivity contribution in [3.05, 3.63) is 29.8 Å². The Morgan fingerprint density at radius 3 is 2.68 bits per heavy atom.